The van der Waals surface area contributed by atoms with Gasteiger partial charge in [-0.05, 0) is 23.8 Å². The van der Waals surface area contributed by atoms with Gasteiger partial charge in [0.05, 0.1) is 36.3 Å². The number of para-hydroxylation sites is 2. The number of phenolic OH excluding ortho intramolecular Hbond substituents is 1. The Balaban J connectivity index is 1.80. The predicted molar refractivity (Wildman–Crippen MR) is 122 cm³/mol. The van der Waals surface area contributed by atoms with Gasteiger partial charge in [0.1, 0.15) is 17.2 Å². The molecule has 3 aromatic carbocycles. The highest BCUT2D eigenvalue weighted by Crippen LogP contribution is 2.44. The largest absolute Gasteiger partial charge is 0.506 e. The number of benzene rings is 3. The Morgan fingerprint density at radius 1 is 1.03 bits per heavy atom. The van der Waals surface area contributed by atoms with E-state index in [2.05, 4.69) is 15.4 Å². The average molecular weight is 439 g/mol. The minimum Gasteiger partial charge on any atom is -0.506 e. The summed E-state index contributed by atoms with van der Waals surface area (Å²) in [6.07, 6.45) is 1.49. The van der Waals surface area contributed by atoms with Crippen molar-refractivity contribution in [3.05, 3.63) is 87.1 Å². The monoisotopic (exact) mass is 439 g/mol. The van der Waals surface area contributed by atoms with Crippen molar-refractivity contribution in [2.45, 2.75) is 6.54 Å². The third-order valence-corrected chi connectivity index (χ3v) is 6.02. The first-order valence-corrected chi connectivity index (χ1v) is 10.2. The first kappa shape index (κ1) is 19.1. The number of aromatic nitrogens is 5. The van der Waals surface area contributed by atoms with Gasteiger partial charge in [-0.1, -0.05) is 36.4 Å². The first-order valence-electron chi connectivity index (χ1n) is 10.2. The third-order valence-electron chi connectivity index (χ3n) is 6.02. The lowest BCUT2D eigenvalue weighted by Crippen LogP contribution is -2.34. The van der Waals surface area contributed by atoms with Crippen LogP contribution in [0.15, 0.2) is 70.4 Å². The van der Waals surface area contributed by atoms with Gasteiger partial charge in [-0.2, -0.15) is 15.4 Å². The molecule has 0 spiro atoms. The van der Waals surface area contributed by atoms with Crippen molar-refractivity contribution in [3.8, 4) is 39.6 Å². The Bertz CT molecular complexity index is 1680. The van der Waals surface area contributed by atoms with Crippen LogP contribution in [-0.2, 0) is 6.54 Å². The van der Waals surface area contributed by atoms with Gasteiger partial charge in [0.25, 0.3) is 11.1 Å². The summed E-state index contributed by atoms with van der Waals surface area (Å²) in [4.78, 5) is 27.2. The van der Waals surface area contributed by atoms with Crippen LogP contribution < -0.4 is 15.9 Å². The molecule has 0 amide bonds. The zero-order chi connectivity index (χ0) is 22.7. The van der Waals surface area contributed by atoms with E-state index in [0.29, 0.717) is 33.8 Å². The van der Waals surface area contributed by atoms with Gasteiger partial charge in [-0.15, -0.1) is 0 Å². The molecule has 1 aliphatic rings. The average Bonchev–Trinajstić information content (AvgIpc) is 3.50. The number of H-pyrrole nitrogens is 1. The topological polar surface area (TPSA) is 115 Å². The van der Waals surface area contributed by atoms with E-state index in [1.807, 2.05) is 18.2 Å². The minimum absolute atomic E-state index is 0.0545. The van der Waals surface area contributed by atoms with Crippen LogP contribution in [0.2, 0.25) is 0 Å². The summed E-state index contributed by atoms with van der Waals surface area (Å²) in [7, 11) is 1.53. The van der Waals surface area contributed by atoms with Gasteiger partial charge in [0.15, 0.2) is 0 Å². The lowest BCUT2D eigenvalue weighted by atomic mass is 9.93. The molecule has 0 bridgehead atoms. The van der Waals surface area contributed by atoms with Gasteiger partial charge in [-0.25, -0.2) is 9.36 Å². The van der Waals surface area contributed by atoms with Crippen molar-refractivity contribution in [2.75, 3.05) is 7.11 Å². The van der Waals surface area contributed by atoms with Gasteiger partial charge >= 0.3 is 0 Å². The third kappa shape index (κ3) is 2.59. The molecule has 0 atom stereocenters. The summed E-state index contributed by atoms with van der Waals surface area (Å²) >= 11 is 0. The fourth-order valence-corrected chi connectivity index (χ4v) is 4.55. The highest BCUT2D eigenvalue weighted by Gasteiger charge is 2.28. The van der Waals surface area contributed by atoms with Crippen molar-refractivity contribution in [3.63, 3.8) is 0 Å². The van der Waals surface area contributed by atoms with E-state index in [4.69, 9.17) is 4.74 Å². The van der Waals surface area contributed by atoms with Crippen LogP contribution in [0.4, 0.5) is 0 Å². The molecule has 2 N–H and O–H groups in total. The van der Waals surface area contributed by atoms with Crippen molar-refractivity contribution >= 4 is 10.8 Å². The number of phenols is 1. The minimum atomic E-state index is -0.477. The Kier molecular flexibility index (Phi) is 4.00. The molecule has 1 aliphatic heterocycles. The molecular weight excluding hydrogens is 422 g/mol. The lowest BCUT2D eigenvalue weighted by molar-refractivity contribution is 0.416. The molecule has 0 saturated heterocycles. The van der Waals surface area contributed by atoms with Gasteiger partial charge < -0.3 is 9.84 Å². The molecule has 0 unspecified atom stereocenters. The van der Waals surface area contributed by atoms with Crippen molar-refractivity contribution in [1.29, 1.82) is 0 Å². The number of ether oxygens (including phenoxy) is 1. The molecule has 3 heterocycles. The number of fused-ring (bicyclic) bond motifs is 4. The Labute approximate surface area is 186 Å². The number of hydrogen-bond acceptors (Lipinski definition) is 6. The number of methoxy groups -OCH3 is 1. The van der Waals surface area contributed by atoms with E-state index in [1.54, 1.807) is 36.4 Å². The van der Waals surface area contributed by atoms with E-state index < -0.39 is 5.56 Å². The molecule has 33 heavy (non-hydrogen) atoms. The van der Waals surface area contributed by atoms with Gasteiger partial charge in [0.2, 0.25) is 0 Å². The number of aromatic amines is 1. The second-order valence-corrected chi connectivity index (χ2v) is 7.73. The molecule has 0 radical (unpaired) electrons. The van der Waals surface area contributed by atoms with Crippen molar-refractivity contribution < 1.29 is 9.84 Å². The fourth-order valence-electron chi connectivity index (χ4n) is 4.55. The normalized spacial score (nSPS) is 12.0. The highest BCUT2D eigenvalue weighted by molar-refractivity contribution is 6.02. The smallest absolute Gasteiger partial charge is 0.281 e. The summed E-state index contributed by atoms with van der Waals surface area (Å²) in [5, 5.41) is 22.2. The summed E-state index contributed by atoms with van der Waals surface area (Å²) in [6, 6.07) is 16.1. The summed E-state index contributed by atoms with van der Waals surface area (Å²) < 4.78 is 8.24. The van der Waals surface area contributed by atoms with Crippen LogP contribution in [0, 0.1) is 0 Å². The molecule has 2 aromatic heterocycles. The number of rotatable bonds is 3. The quantitative estimate of drug-likeness (QED) is 0.438. The van der Waals surface area contributed by atoms with Crippen LogP contribution in [0.5, 0.6) is 11.5 Å². The maximum absolute atomic E-state index is 13.7. The molecule has 5 aromatic rings. The summed E-state index contributed by atoms with van der Waals surface area (Å²) in [5.41, 5.74) is 2.39. The lowest BCUT2D eigenvalue weighted by Gasteiger charge is -2.17. The molecule has 9 nitrogen and oxygen atoms in total. The van der Waals surface area contributed by atoms with E-state index in [9.17, 15) is 14.7 Å². The van der Waals surface area contributed by atoms with E-state index in [1.165, 1.54) is 22.7 Å². The van der Waals surface area contributed by atoms with Crippen LogP contribution in [0.3, 0.4) is 0 Å². The Hall–Kier alpha value is -4.66. The summed E-state index contributed by atoms with van der Waals surface area (Å²) in [5.74, 6) is 0.192. The molecule has 162 valence electrons. The van der Waals surface area contributed by atoms with E-state index in [0.717, 1.165) is 5.56 Å². The predicted octanol–water partition coefficient (Wildman–Crippen LogP) is 2.68. The van der Waals surface area contributed by atoms with Crippen LogP contribution >= 0.6 is 0 Å². The van der Waals surface area contributed by atoms with Crippen LogP contribution in [0.1, 0.15) is 5.56 Å². The highest BCUT2D eigenvalue weighted by atomic mass is 16.5. The SMILES string of the molecule is COc1ccccc1-c1c(-c2cn[nH]n2)cc2c(=O)n3n(c(=O)c2c1O)-c1ccccc1C3. The Morgan fingerprint density at radius 2 is 1.82 bits per heavy atom. The summed E-state index contributed by atoms with van der Waals surface area (Å²) in [6.45, 7) is 0.272. The van der Waals surface area contributed by atoms with Crippen LogP contribution in [0.25, 0.3) is 38.8 Å². The maximum atomic E-state index is 13.7. The zero-order valence-electron chi connectivity index (χ0n) is 17.4. The molecule has 6 rings (SSSR count). The number of nitrogens with zero attached hydrogens (tertiary/aromatic N) is 4. The van der Waals surface area contributed by atoms with E-state index in [-0.39, 0.29) is 28.6 Å². The van der Waals surface area contributed by atoms with Crippen molar-refractivity contribution in [1.82, 2.24) is 24.8 Å². The number of aromatic hydroxyl groups is 1. The Morgan fingerprint density at radius 3 is 2.61 bits per heavy atom. The molecule has 0 saturated carbocycles. The molecular formula is C24H17N5O4. The molecule has 0 fully saturated rings. The second-order valence-electron chi connectivity index (χ2n) is 7.73. The van der Waals surface area contributed by atoms with Crippen molar-refractivity contribution in [2.24, 2.45) is 0 Å². The number of hydrogen-bond donors (Lipinski definition) is 2. The van der Waals surface area contributed by atoms with Gasteiger partial charge in [-0.3, -0.25) is 9.59 Å². The van der Waals surface area contributed by atoms with E-state index >= 15 is 0 Å². The second kappa shape index (κ2) is 6.92. The van der Waals surface area contributed by atoms with Crippen LogP contribution in [-0.4, -0.2) is 37.0 Å². The molecule has 9 heteroatoms. The first-order chi connectivity index (χ1) is 16.1. The fraction of sp³-hybridized carbons (Fsp3) is 0.0833. The van der Waals surface area contributed by atoms with Gasteiger partial charge in [0, 0.05) is 16.7 Å². The number of nitrogens with one attached hydrogen (secondary N) is 1. The zero-order valence-corrected chi connectivity index (χ0v) is 17.4. The maximum Gasteiger partial charge on any atom is 0.281 e. The molecule has 0 aliphatic carbocycles. The standard InChI is InChI=1S/C24H17N5O4/c1-33-19-9-5-3-7-14(19)20-15(17-11-25-27-26-17)10-16-21(22(20)30)24(32)29-18-8-4-2-6-13(18)12-28(29)23(16)31/h2-11,30H,12H2,1H3,(H,25,26,27).